The van der Waals surface area contributed by atoms with Crippen molar-refractivity contribution in [3.63, 3.8) is 0 Å². The Bertz CT molecular complexity index is 658. The molecule has 1 atom stereocenters. The molecule has 0 aromatic carbocycles. The summed E-state index contributed by atoms with van der Waals surface area (Å²) in [7, 11) is 2.06. The summed E-state index contributed by atoms with van der Waals surface area (Å²) in [5.74, 6) is 2.14. The smallest absolute Gasteiger partial charge is 0.165 e. The van der Waals surface area contributed by atoms with Crippen LogP contribution in [-0.2, 0) is 20.1 Å². The van der Waals surface area contributed by atoms with Gasteiger partial charge in [0, 0.05) is 45.1 Å². The van der Waals surface area contributed by atoms with Gasteiger partial charge < -0.3 is 4.57 Å². The number of aromatic nitrogens is 6. The normalized spacial score (nSPS) is 23.5. The van der Waals surface area contributed by atoms with Crippen molar-refractivity contribution < 1.29 is 0 Å². The minimum absolute atomic E-state index is 0.505. The Morgan fingerprint density at radius 3 is 2.74 bits per heavy atom. The third kappa shape index (κ3) is 3.13. The Balaban J connectivity index is 1.35. The highest BCUT2D eigenvalue weighted by molar-refractivity contribution is 4.95. The molecular weight excluding hydrogens is 292 g/mol. The highest BCUT2D eigenvalue weighted by Gasteiger charge is 2.30. The summed E-state index contributed by atoms with van der Waals surface area (Å²) in [6.07, 6.45) is 6.31. The second-order valence-corrected chi connectivity index (χ2v) is 6.78. The van der Waals surface area contributed by atoms with Crippen LogP contribution in [0.1, 0.15) is 37.5 Å². The first-order valence-electron chi connectivity index (χ1n) is 8.40. The number of tetrazole rings is 1. The van der Waals surface area contributed by atoms with Crippen molar-refractivity contribution >= 4 is 0 Å². The summed E-state index contributed by atoms with van der Waals surface area (Å²) in [5, 5.41) is 12.2. The van der Waals surface area contributed by atoms with Crippen LogP contribution < -0.4 is 0 Å². The van der Waals surface area contributed by atoms with E-state index in [0.29, 0.717) is 12.1 Å². The van der Waals surface area contributed by atoms with Crippen LogP contribution in [0.4, 0.5) is 0 Å². The van der Waals surface area contributed by atoms with E-state index in [4.69, 9.17) is 0 Å². The molecule has 1 saturated carbocycles. The van der Waals surface area contributed by atoms with Gasteiger partial charge in [0.25, 0.3) is 0 Å². The molecular formula is C15H24N8. The van der Waals surface area contributed by atoms with E-state index in [-0.39, 0.29) is 0 Å². The molecule has 0 unspecified atom stereocenters. The van der Waals surface area contributed by atoms with Gasteiger partial charge in [-0.3, -0.25) is 9.80 Å². The zero-order chi connectivity index (χ0) is 15.8. The predicted octanol–water partition coefficient (Wildman–Crippen LogP) is 0.448. The van der Waals surface area contributed by atoms with Gasteiger partial charge in [-0.2, -0.15) is 0 Å². The van der Waals surface area contributed by atoms with Crippen molar-refractivity contribution in [1.82, 2.24) is 39.6 Å². The molecule has 23 heavy (non-hydrogen) atoms. The molecule has 0 N–H and O–H groups in total. The molecule has 2 fully saturated rings. The molecule has 0 spiro atoms. The van der Waals surface area contributed by atoms with Crippen molar-refractivity contribution in [2.75, 3.05) is 19.6 Å². The van der Waals surface area contributed by atoms with Crippen molar-refractivity contribution in [1.29, 1.82) is 0 Å². The third-order valence-electron chi connectivity index (χ3n) is 4.93. The number of hydrogen-bond donors (Lipinski definition) is 0. The van der Waals surface area contributed by atoms with Crippen LogP contribution in [0.25, 0.3) is 0 Å². The highest BCUT2D eigenvalue weighted by Crippen LogP contribution is 2.34. The topological polar surface area (TPSA) is 67.9 Å². The van der Waals surface area contributed by atoms with Crippen LogP contribution in [0.5, 0.6) is 0 Å². The van der Waals surface area contributed by atoms with Crippen LogP contribution in [0.2, 0.25) is 0 Å². The third-order valence-corrected chi connectivity index (χ3v) is 4.93. The maximum atomic E-state index is 4.44. The summed E-state index contributed by atoms with van der Waals surface area (Å²) < 4.78 is 4.12. The molecule has 3 heterocycles. The second-order valence-electron chi connectivity index (χ2n) is 6.78. The summed E-state index contributed by atoms with van der Waals surface area (Å²) >= 11 is 0. The van der Waals surface area contributed by atoms with Gasteiger partial charge in [-0.25, -0.2) is 9.67 Å². The van der Waals surface area contributed by atoms with E-state index in [2.05, 4.69) is 48.8 Å². The average molecular weight is 316 g/mol. The summed E-state index contributed by atoms with van der Waals surface area (Å²) in [6.45, 7) is 7.20. The number of rotatable bonds is 5. The lowest BCUT2D eigenvalue weighted by molar-refractivity contribution is 0.0683. The number of aryl methyl sites for hydroxylation is 1. The SMILES string of the molecule is C[C@@H]1CN(Cc2nnnn2C2CC2)CCN1Cc1nccn1C. The second kappa shape index (κ2) is 6.01. The molecule has 8 heteroatoms. The van der Waals surface area contributed by atoms with Crippen molar-refractivity contribution in [3.05, 3.63) is 24.0 Å². The molecule has 1 aliphatic heterocycles. The van der Waals surface area contributed by atoms with Crippen molar-refractivity contribution in [3.8, 4) is 0 Å². The Morgan fingerprint density at radius 1 is 1.17 bits per heavy atom. The fourth-order valence-corrected chi connectivity index (χ4v) is 3.30. The minimum Gasteiger partial charge on any atom is -0.337 e. The molecule has 0 radical (unpaired) electrons. The van der Waals surface area contributed by atoms with Crippen LogP contribution in [0, 0.1) is 0 Å². The monoisotopic (exact) mass is 316 g/mol. The van der Waals surface area contributed by atoms with Crippen molar-refractivity contribution in [2.45, 2.75) is 44.9 Å². The van der Waals surface area contributed by atoms with Gasteiger partial charge >= 0.3 is 0 Å². The van der Waals surface area contributed by atoms with Gasteiger partial charge in [0.15, 0.2) is 5.82 Å². The molecule has 2 aromatic heterocycles. The Hall–Kier alpha value is -1.80. The highest BCUT2D eigenvalue weighted by atomic mass is 15.6. The first-order chi connectivity index (χ1) is 11.2. The van der Waals surface area contributed by atoms with Gasteiger partial charge in [-0.1, -0.05) is 0 Å². The zero-order valence-corrected chi connectivity index (χ0v) is 13.8. The van der Waals surface area contributed by atoms with E-state index >= 15 is 0 Å². The molecule has 0 amide bonds. The van der Waals surface area contributed by atoms with Crippen LogP contribution in [0.15, 0.2) is 12.4 Å². The van der Waals surface area contributed by atoms with Crippen molar-refractivity contribution in [2.24, 2.45) is 7.05 Å². The first kappa shape index (κ1) is 14.8. The zero-order valence-electron chi connectivity index (χ0n) is 13.8. The Kier molecular flexibility index (Phi) is 3.86. The Morgan fingerprint density at radius 2 is 2.04 bits per heavy atom. The van der Waals surface area contributed by atoms with E-state index in [0.717, 1.165) is 44.4 Å². The van der Waals surface area contributed by atoms with E-state index in [1.54, 1.807) is 0 Å². The van der Waals surface area contributed by atoms with Gasteiger partial charge in [0.2, 0.25) is 0 Å². The van der Waals surface area contributed by atoms with Gasteiger partial charge in [0.05, 0.1) is 19.1 Å². The molecule has 4 rings (SSSR count). The minimum atomic E-state index is 0.505. The maximum Gasteiger partial charge on any atom is 0.165 e. The fourth-order valence-electron chi connectivity index (χ4n) is 3.30. The molecule has 8 nitrogen and oxygen atoms in total. The van der Waals surface area contributed by atoms with E-state index in [1.165, 1.54) is 12.8 Å². The predicted molar refractivity (Wildman–Crippen MR) is 84.4 cm³/mol. The van der Waals surface area contributed by atoms with Gasteiger partial charge in [-0.15, -0.1) is 5.10 Å². The average Bonchev–Trinajstić information content (AvgIpc) is 3.15. The van der Waals surface area contributed by atoms with E-state index in [9.17, 15) is 0 Å². The molecule has 1 saturated heterocycles. The van der Waals surface area contributed by atoms with Crippen LogP contribution in [-0.4, -0.2) is 65.2 Å². The van der Waals surface area contributed by atoms with E-state index in [1.807, 2.05) is 17.1 Å². The van der Waals surface area contributed by atoms with Gasteiger partial charge in [0.1, 0.15) is 5.82 Å². The fraction of sp³-hybridized carbons (Fsp3) is 0.733. The molecule has 0 bridgehead atoms. The lowest BCUT2D eigenvalue weighted by atomic mass is 10.2. The molecule has 1 aliphatic carbocycles. The van der Waals surface area contributed by atoms with E-state index < -0.39 is 0 Å². The lowest BCUT2D eigenvalue weighted by Gasteiger charge is -2.39. The standard InChI is InChI=1S/C15H24N8/c1-12-9-21(10-15-17-18-19-23(15)13-3-4-13)7-8-22(12)11-14-16-5-6-20(14)2/h5-6,12-13H,3-4,7-11H2,1-2H3/t12-/m1/s1. The first-order valence-corrected chi connectivity index (χ1v) is 8.40. The maximum absolute atomic E-state index is 4.44. The lowest BCUT2D eigenvalue weighted by Crippen LogP contribution is -2.51. The largest absolute Gasteiger partial charge is 0.337 e. The summed E-state index contributed by atoms with van der Waals surface area (Å²) in [6, 6.07) is 1.05. The van der Waals surface area contributed by atoms with Gasteiger partial charge in [-0.05, 0) is 30.2 Å². The van der Waals surface area contributed by atoms with Crippen LogP contribution >= 0.6 is 0 Å². The summed E-state index contributed by atoms with van der Waals surface area (Å²) in [5.41, 5.74) is 0. The molecule has 2 aliphatic rings. The molecule has 124 valence electrons. The number of imidazole rings is 1. The molecule has 2 aromatic rings. The number of nitrogens with zero attached hydrogens (tertiary/aromatic N) is 8. The summed E-state index contributed by atoms with van der Waals surface area (Å²) in [4.78, 5) is 9.41. The van der Waals surface area contributed by atoms with Crippen LogP contribution in [0.3, 0.4) is 0 Å². The number of piperazine rings is 1. The Labute approximate surface area is 136 Å². The quantitative estimate of drug-likeness (QED) is 0.798. The number of hydrogen-bond acceptors (Lipinski definition) is 6.